The molecule has 0 fully saturated rings. The predicted octanol–water partition coefficient (Wildman–Crippen LogP) is 3.27. The zero-order valence-electron chi connectivity index (χ0n) is 10.6. The van der Waals surface area contributed by atoms with E-state index in [9.17, 15) is 0 Å². The summed E-state index contributed by atoms with van der Waals surface area (Å²) in [6, 6.07) is 9.34. The van der Waals surface area contributed by atoms with Crippen LogP contribution in [0.5, 0.6) is 0 Å². The number of nitrogens with one attached hydrogen (secondary N) is 1. The van der Waals surface area contributed by atoms with Gasteiger partial charge in [0.15, 0.2) is 0 Å². The molecule has 0 heterocycles. The Morgan fingerprint density at radius 2 is 1.93 bits per heavy atom. The van der Waals surface area contributed by atoms with E-state index < -0.39 is 0 Å². The molecule has 0 amide bonds. The van der Waals surface area contributed by atoms with Crippen molar-refractivity contribution in [2.24, 2.45) is 0 Å². The Bertz CT molecular complexity index is 313. The minimum Gasteiger partial charge on any atom is -0.314 e. The fourth-order valence-electron chi connectivity index (χ4n) is 1.63. The maximum Gasteiger partial charge on any atom is 0.00455 e. The van der Waals surface area contributed by atoms with Crippen molar-refractivity contribution < 1.29 is 0 Å². The topological polar surface area (TPSA) is 12.0 Å². The summed E-state index contributed by atoms with van der Waals surface area (Å²) in [5.41, 5.74) is 2.96. The fourth-order valence-corrected chi connectivity index (χ4v) is 1.63. The molecule has 1 aromatic rings. The molecular formula is C14H23N. The Hall–Kier alpha value is -0.820. The Morgan fingerprint density at radius 3 is 2.47 bits per heavy atom. The molecule has 0 aliphatic heterocycles. The normalized spacial score (nSPS) is 12.1. The molecule has 0 radical (unpaired) electrons. The standard InChI is InChI=1S/C14H23N/c1-11(2)15-10-14(4,5)13-8-6-7-12(3)9-13/h6-9,11,15H,10H2,1-5H3. The first-order valence-corrected chi connectivity index (χ1v) is 5.72. The number of rotatable bonds is 4. The molecule has 0 unspecified atom stereocenters. The smallest absolute Gasteiger partial charge is 0.00455 e. The van der Waals surface area contributed by atoms with Crippen molar-refractivity contribution in [2.75, 3.05) is 6.54 Å². The lowest BCUT2D eigenvalue weighted by Gasteiger charge is -2.27. The first-order valence-electron chi connectivity index (χ1n) is 5.72. The third-order valence-corrected chi connectivity index (χ3v) is 2.75. The highest BCUT2D eigenvalue weighted by Gasteiger charge is 2.20. The Kier molecular flexibility index (Phi) is 3.92. The van der Waals surface area contributed by atoms with Gasteiger partial charge in [0.25, 0.3) is 0 Å². The van der Waals surface area contributed by atoms with E-state index >= 15 is 0 Å². The van der Waals surface area contributed by atoms with Crippen molar-refractivity contribution in [1.29, 1.82) is 0 Å². The van der Waals surface area contributed by atoms with Crippen LogP contribution in [0.25, 0.3) is 0 Å². The molecular weight excluding hydrogens is 182 g/mol. The van der Waals surface area contributed by atoms with E-state index in [0.29, 0.717) is 6.04 Å². The van der Waals surface area contributed by atoms with Crippen LogP contribution in [-0.4, -0.2) is 12.6 Å². The molecule has 1 heteroatoms. The first-order chi connectivity index (χ1) is 6.92. The third kappa shape index (κ3) is 3.67. The summed E-state index contributed by atoms with van der Waals surface area (Å²) in [5.74, 6) is 0. The van der Waals surface area contributed by atoms with Gasteiger partial charge >= 0.3 is 0 Å². The van der Waals surface area contributed by atoms with Crippen molar-refractivity contribution in [3.05, 3.63) is 35.4 Å². The van der Waals surface area contributed by atoms with Crippen molar-refractivity contribution in [3.63, 3.8) is 0 Å². The van der Waals surface area contributed by atoms with Crippen molar-refractivity contribution >= 4 is 0 Å². The van der Waals surface area contributed by atoms with Crippen molar-refractivity contribution in [3.8, 4) is 0 Å². The van der Waals surface area contributed by atoms with Crippen LogP contribution in [0.2, 0.25) is 0 Å². The van der Waals surface area contributed by atoms with Crippen LogP contribution in [0.15, 0.2) is 24.3 Å². The van der Waals surface area contributed by atoms with E-state index in [4.69, 9.17) is 0 Å². The molecule has 84 valence electrons. The largest absolute Gasteiger partial charge is 0.314 e. The van der Waals surface area contributed by atoms with Crippen molar-refractivity contribution in [2.45, 2.75) is 46.1 Å². The fraction of sp³-hybridized carbons (Fsp3) is 0.571. The van der Waals surface area contributed by atoms with Crippen LogP contribution in [0.4, 0.5) is 0 Å². The van der Waals surface area contributed by atoms with Crippen LogP contribution in [-0.2, 0) is 5.41 Å². The quantitative estimate of drug-likeness (QED) is 0.795. The second-order valence-corrected chi connectivity index (χ2v) is 5.29. The average Bonchev–Trinajstić information content (AvgIpc) is 2.15. The summed E-state index contributed by atoms with van der Waals surface area (Å²) < 4.78 is 0. The maximum absolute atomic E-state index is 3.50. The zero-order valence-corrected chi connectivity index (χ0v) is 10.6. The Labute approximate surface area is 93.9 Å². The van der Waals surface area contributed by atoms with Gasteiger partial charge in [-0.2, -0.15) is 0 Å². The number of benzene rings is 1. The van der Waals surface area contributed by atoms with E-state index in [1.807, 2.05) is 0 Å². The highest BCUT2D eigenvalue weighted by molar-refractivity contribution is 5.28. The summed E-state index contributed by atoms with van der Waals surface area (Å²) in [6.07, 6.45) is 0. The minimum atomic E-state index is 0.205. The van der Waals surface area contributed by atoms with Gasteiger partial charge in [0.1, 0.15) is 0 Å². The van der Waals surface area contributed by atoms with Crippen LogP contribution < -0.4 is 5.32 Å². The van der Waals surface area contributed by atoms with E-state index in [-0.39, 0.29) is 5.41 Å². The van der Waals surface area contributed by atoms with Crippen molar-refractivity contribution in [1.82, 2.24) is 5.32 Å². The molecule has 0 atom stereocenters. The Morgan fingerprint density at radius 1 is 1.27 bits per heavy atom. The van der Waals surface area contributed by atoms with Crippen LogP contribution in [0, 0.1) is 6.92 Å². The molecule has 1 nitrogen and oxygen atoms in total. The lowest BCUT2D eigenvalue weighted by atomic mass is 9.84. The molecule has 1 rings (SSSR count). The van der Waals surface area contributed by atoms with E-state index in [2.05, 4.69) is 64.2 Å². The van der Waals surface area contributed by atoms with Gasteiger partial charge in [-0.25, -0.2) is 0 Å². The molecule has 1 aromatic carbocycles. The molecule has 0 spiro atoms. The lowest BCUT2D eigenvalue weighted by molar-refractivity contribution is 0.441. The van der Waals surface area contributed by atoms with Gasteiger partial charge in [-0.05, 0) is 12.5 Å². The summed E-state index contributed by atoms with van der Waals surface area (Å²) in [7, 11) is 0. The summed E-state index contributed by atoms with van der Waals surface area (Å²) in [5, 5.41) is 3.50. The van der Waals surface area contributed by atoms with E-state index in [1.54, 1.807) is 0 Å². The van der Waals surface area contributed by atoms with Gasteiger partial charge in [-0.1, -0.05) is 57.5 Å². The first kappa shape index (κ1) is 12.3. The highest BCUT2D eigenvalue weighted by atomic mass is 14.9. The van der Waals surface area contributed by atoms with Gasteiger partial charge < -0.3 is 5.32 Å². The van der Waals surface area contributed by atoms with Gasteiger partial charge in [0, 0.05) is 18.0 Å². The molecule has 0 aromatic heterocycles. The molecule has 0 aliphatic rings. The van der Waals surface area contributed by atoms with Gasteiger partial charge in [0.2, 0.25) is 0 Å². The summed E-state index contributed by atoms with van der Waals surface area (Å²) >= 11 is 0. The third-order valence-electron chi connectivity index (χ3n) is 2.75. The van der Waals surface area contributed by atoms with E-state index in [0.717, 1.165) is 6.54 Å². The zero-order chi connectivity index (χ0) is 11.5. The van der Waals surface area contributed by atoms with Crippen LogP contribution in [0.3, 0.4) is 0 Å². The lowest BCUT2D eigenvalue weighted by Crippen LogP contribution is -2.36. The van der Waals surface area contributed by atoms with Gasteiger partial charge in [-0.3, -0.25) is 0 Å². The van der Waals surface area contributed by atoms with Crippen LogP contribution >= 0.6 is 0 Å². The second kappa shape index (κ2) is 4.80. The van der Waals surface area contributed by atoms with Gasteiger partial charge in [0.05, 0.1) is 0 Å². The SMILES string of the molecule is Cc1cccc(C(C)(C)CNC(C)C)c1. The number of aryl methyl sites for hydroxylation is 1. The monoisotopic (exact) mass is 205 g/mol. The minimum absolute atomic E-state index is 0.205. The maximum atomic E-state index is 3.50. The van der Waals surface area contributed by atoms with E-state index in [1.165, 1.54) is 11.1 Å². The molecule has 0 bridgehead atoms. The summed E-state index contributed by atoms with van der Waals surface area (Å²) in [6.45, 7) is 12.1. The number of hydrogen-bond acceptors (Lipinski definition) is 1. The molecule has 15 heavy (non-hydrogen) atoms. The second-order valence-electron chi connectivity index (χ2n) is 5.29. The molecule has 0 saturated carbocycles. The Balaban J connectivity index is 2.76. The molecule has 1 N–H and O–H groups in total. The predicted molar refractivity (Wildman–Crippen MR) is 67.3 cm³/mol. The average molecular weight is 205 g/mol. The summed E-state index contributed by atoms with van der Waals surface area (Å²) in [4.78, 5) is 0. The molecule has 0 aliphatic carbocycles. The highest BCUT2D eigenvalue weighted by Crippen LogP contribution is 2.23. The van der Waals surface area contributed by atoms with Crippen LogP contribution in [0.1, 0.15) is 38.8 Å². The molecule has 0 saturated heterocycles. The number of hydrogen-bond donors (Lipinski definition) is 1. The van der Waals surface area contributed by atoms with Gasteiger partial charge in [-0.15, -0.1) is 0 Å².